The van der Waals surface area contributed by atoms with E-state index in [1.54, 1.807) is 35.3 Å². The number of aromatic nitrogens is 5. The van der Waals surface area contributed by atoms with E-state index in [0.717, 1.165) is 41.5 Å². The normalized spacial score (nSPS) is 17.1. The third-order valence-electron chi connectivity index (χ3n) is 5.96. The molecule has 1 atom stereocenters. The van der Waals surface area contributed by atoms with Gasteiger partial charge in [0.25, 0.3) is 5.91 Å². The fourth-order valence-corrected chi connectivity index (χ4v) is 5.07. The number of nitrogens with one attached hydrogen (secondary N) is 1. The minimum absolute atomic E-state index is 0.170. The van der Waals surface area contributed by atoms with Gasteiger partial charge in [-0.1, -0.05) is 11.3 Å². The molecule has 1 aliphatic heterocycles. The van der Waals surface area contributed by atoms with Crippen molar-refractivity contribution < 1.29 is 19.1 Å². The Kier molecular flexibility index (Phi) is 5.71. The van der Waals surface area contributed by atoms with E-state index >= 15 is 0 Å². The first-order chi connectivity index (χ1) is 17.0. The molecule has 0 aromatic carbocycles. The molecule has 0 spiro atoms. The summed E-state index contributed by atoms with van der Waals surface area (Å²) >= 11 is 1.57. The lowest BCUT2D eigenvalue weighted by Gasteiger charge is -2.25. The number of oxazole rings is 1. The maximum atomic E-state index is 13.0. The predicted molar refractivity (Wildman–Crippen MR) is 130 cm³/mol. The second-order valence-electron chi connectivity index (χ2n) is 8.91. The molecule has 1 saturated carbocycles. The van der Waals surface area contributed by atoms with Crippen LogP contribution < -0.4 is 10.2 Å². The second kappa shape index (κ2) is 9.02. The summed E-state index contributed by atoms with van der Waals surface area (Å²) in [7, 11) is 0. The summed E-state index contributed by atoms with van der Waals surface area (Å²) in [6.45, 7) is 5.06. The highest BCUT2D eigenvalue weighted by atomic mass is 32.1. The molecule has 35 heavy (non-hydrogen) atoms. The summed E-state index contributed by atoms with van der Waals surface area (Å²) in [5.74, 6) is 0.258. The van der Waals surface area contributed by atoms with Gasteiger partial charge in [0.15, 0.2) is 16.5 Å². The van der Waals surface area contributed by atoms with Crippen LogP contribution in [-0.2, 0) is 11.3 Å². The molecule has 4 aromatic rings. The van der Waals surface area contributed by atoms with Gasteiger partial charge >= 0.3 is 0 Å². The van der Waals surface area contributed by atoms with E-state index in [4.69, 9.17) is 19.1 Å². The number of nitrogens with zero attached hydrogens (tertiary/aromatic N) is 6. The number of aliphatic hydroxyl groups excluding tert-OH is 1. The molecule has 1 saturated heterocycles. The maximum absolute atomic E-state index is 13.0. The van der Waals surface area contributed by atoms with Gasteiger partial charge in [0, 0.05) is 25.2 Å². The number of hydrogen-bond acceptors (Lipinski definition) is 10. The van der Waals surface area contributed by atoms with E-state index < -0.39 is 6.10 Å². The van der Waals surface area contributed by atoms with Gasteiger partial charge in [0.05, 0.1) is 53.7 Å². The van der Waals surface area contributed by atoms with Gasteiger partial charge in [-0.2, -0.15) is 10.1 Å². The predicted octanol–water partition coefficient (Wildman–Crippen LogP) is 2.89. The lowest BCUT2D eigenvalue weighted by atomic mass is 10.2. The third kappa shape index (κ3) is 4.64. The molecule has 4 aromatic heterocycles. The Morgan fingerprint density at radius 2 is 2.11 bits per heavy atom. The third-order valence-corrected chi connectivity index (χ3v) is 7.02. The highest BCUT2D eigenvalue weighted by Gasteiger charge is 2.30. The molecule has 0 bridgehead atoms. The molecule has 0 radical (unpaired) electrons. The number of carbonyl (C=O) groups excluding carboxylic acids is 1. The molecule has 5 heterocycles. The average Bonchev–Trinajstić information content (AvgIpc) is 3.22. The van der Waals surface area contributed by atoms with Gasteiger partial charge in [-0.15, -0.1) is 0 Å². The van der Waals surface area contributed by atoms with Crippen LogP contribution in [0.15, 0.2) is 29.1 Å². The minimum atomic E-state index is -0.524. The summed E-state index contributed by atoms with van der Waals surface area (Å²) in [5, 5.41) is 17.6. The van der Waals surface area contributed by atoms with Crippen molar-refractivity contribution in [1.82, 2.24) is 24.7 Å². The summed E-state index contributed by atoms with van der Waals surface area (Å²) in [6.07, 6.45) is 6.22. The molecule has 0 unspecified atom stereocenters. The van der Waals surface area contributed by atoms with E-state index in [-0.39, 0.29) is 11.6 Å². The van der Waals surface area contributed by atoms with Crippen LogP contribution in [0.1, 0.15) is 41.9 Å². The number of ether oxygens (including phenoxy) is 1. The fourth-order valence-electron chi connectivity index (χ4n) is 4.07. The number of fused-ring (bicyclic) bond motifs is 1. The van der Waals surface area contributed by atoms with Crippen LogP contribution >= 0.6 is 11.3 Å². The number of rotatable bonds is 7. The first kappa shape index (κ1) is 22.1. The second-order valence-corrected chi connectivity index (χ2v) is 9.91. The van der Waals surface area contributed by atoms with Crippen molar-refractivity contribution in [1.29, 1.82) is 0 Å². The molecule has 2 N–H and O–H groups in total. The van der Waals surface area contributed by atoms with E-state index in [2.05, 4.69) is 20.3 Å². The standard InChI is InChI=1S/C23H25N7O4S/c1-13(31)10-30-11-15(9-24-30)22-26-17(12-34-22)21(32)25-16-8-18-20(27-19(16)14-2-3-14)28-23(35-18)29-4-6-33-7-5-29/h8-9,11-14,31H,2-7,10H2,1H3,(H,25,32)/t13-/m0/s1. The Morgan fingerprint density at radius 1 is 1.29 bits per heavy atom. The largest absolute Gasteiger partial charge is 0.444 e. The Labute approximate surface area is 204 Å². The maximum Gasteiger partial charge on any atom is 0.277 e. The van der Waals surface area contributed by atoms with Gasteiger partial charge in [0.1, 0.15) is 6.26 Å². The van der Waals surface area contributed by atoms with Gasteiger partial charge in [0.2, 0.25) is 5.89 Å². The zero-order chi connectivity index (χ0) is 23.9. The summed E-state index contributed by atoms with van der Waals surface area (Å²) in [5.41, 5.74) is 3.08. The molecule has 6 rings (SSSR count). The SMILES string of the molecule is C[C@H](O)Cn1cc(-c2nc(C(=O)Nc3cc4sc(N5CCOCC5)nc4nc3C3CC3)co2)cn1. The van der Waals surface area contributed by atoms with Crippen molar-refractivity contribution in [2.24, 2.45) is 0 Å². The first-order valence-corrected chi connectivity index (χ1v) is 12.5. The van der Waals surface area contributed by atoms with Crippen molar-refractivity contribution >= 4 is 38.4 Å². The van der Waals surface area contributed by atoms with Gasteiger partial charge in [-0.05, 0) is 25.8 Å². The van der Waals surface area contributed by atoms with Crippen molar-refractivity contribution in [2.75, 3.05) is 36.5 Å². The van der Waals surface area contributed by atoms with Crippen molar-refractivity contribution in [3.63, 3.8) is 0 Å². The van der Waals surface area contributed by atoms with E-state index in [1.165, 1.54) is 6.26 Å². The first-order valence-electron chi connectivity index (χ1n) is 11.7. The summed E-state index contributed by atoms with van der Waals surface area (Å²) in [6, 6.07) is 1.97. The monoisotopic (exact) mass is 495 g/mol. The van der Waals surface area contributed by atoms with Gasteiger partial charge in [-0.25, -0.2) is 9.97 Å². The molecular weight excluding hydrogens is 470 g/mol. The molecule has 2 aliphatic rings. The highest BCUT2D eigenvalue weighted by molar-refractivity contribution is 7.22. The lowest BCUT2D eigenvalue weighted by molar-refractivity contribution is 0.102. The number of morpholine rings is 1. The average molecular weight is 496 g/mol. The zero-order valence-electron chi connectivity index (χ0n) is 19.2. The van der Waals surface area contributed by atoms with E-state index in [0.29, 0.717) is 48.5 Å². The van der Waals surface area contributed by atoms with E-state index in [1.807, 2.05) is 6.07 Å². The molecule has 12 heteroatoms. The molecule has 11 nitrogen and oxygen atoms in total. The lowest BCUT2D eigenvalue weighted by Crippen LogP contribution is -2.36. The molecular formula is C23H25N7O4S. The summed E-state index contributed by atoms with van der Waals surface area (Å²) < 4.78 is 13.5. The molecule has 1 amide bonds. The van der Waals surface area contributed by atoms with Crippen molar-refractivity contribution in [3.05, 3.63) is 36.1 Å². The number of aliphatic hydroxyl groups is 1. The quantitative estimate of drug-likeness (QED) is 0.397. The zero-order valence-corrected chi connectivity index (χ0v) is 20.0. The van der Waals surface area contributed by atoms with Crippen LogP contribution in [0.25, 0.3) is 21.8 Å². The minimum Gasteiger partial charge on any atom is -0.444 e. The highest BCUT2D eigenvalue weighted by Crippen LogP contribution is 2.44. The molecule has 1 aliphatic carbocycles. The van der Waals surface area contributed by atoms with Crippen molar-refractivity contribution in [2.45, 2.75) is 38.3 Å². The van der Waals surface area contributed by atoms with Crippen LogP contribution in [0.3, 0.4) is 0 Å². The molecule has 2 fully saturated rings. The number of hydrogen-bond donors (Lipinski definition) is 2. The Morgan fingerprint density at radius 3 is 2.89 bits per heavy atom. The van der Waals surface area contributed by atoms with Gasteiger partial charge in [-0.3, -0.25) is 9.48 Å². The van der Waals surface area contributed by atoms with E-state index in [9.17, 15) is 9.90 Å². The number of amides is 1. The Bertz CT molecular complexity index is 1370. The Balaban J connectivity index is 1.24. The van der Waals surface area contributed by atoms with Crippen LogP contribution in [-0.4, -0.2) is 68.2 Å². The van der Waals surface area contributed by atoms with Crippen molar-refractivity contribution in [3.8, 4) is 11.5 Å². The fraction of sp³-hybridized carbons (Fsp3) is 0.435. The van der Waals surface area contributed by atoms with Gasteiger partial charge < -0.3 is 24.5 Å². The number of carbonyl (C=O) groups is 1. The van der Waals surface area contributed by atoms with Crippen LogP contribution in [0.2, 0.25) is 0 Å². The van der Waals surface area contributed by atoms with Crippen LogP contribution in [0.5, 0.6) is 0 Å². The number of anilines is 2. The van der Waals surface area contributed by atoms with Crippen LogP contribution in [0.4, 0.5) is 10.8 Å². The number of pyridine rings is 1. The number of thiazole rings is 1. The summed E-state index contributed by atoms with van der Waals surface area (Å²) in [4.78, 5) is 29.2. The Hall–Kier alpha value is -3.35. The molecule has 182 valence electrons. The topological polar surface area (TPSA) is 131 Å². The van der Waals surface area contributed by atoms with Crippen LogP contribution in [0, 0.1) is 0 Å². The smallest absolute Gasteiger partial charge is 0.277 e.